The van der Waals surface area contributed by atoms with E-state index in [1.54, 1.807) is 30.5 Å². The monoisotopic (exact) mass is 291 g/mol. The number of aliphatic hydroxyl groups excluding tert-OH is 1. The largest absolute Gasteiger partial charge is 0.396 e. The minimum atomic E-state index is -0.399. The van der Waals surface area contributed by atoms with Crippen molar-refractivity contribution in [2.45, 2.75) is 25.8 Å². The van der Waals surface area contributed by atoms with E-state index in [1.165, 1.54) is 10.7 Å². The number of benzene rings is 1. The zero-order valence-corrected chi connectivity index (χ0v) is 11.8. The Labute approximate surface area is 122 Å². The van der Waals surface area contributed by atoms with Gasteiger partial charge in [-0.05, 0) is 38.0 Å². The van der Waals surface area contributed by atoms with Crippen molar-refractivity contribution in [2.24, 2.45) is 0 Å². The number of aromatic nitrogens is 2. The zero-order valence-electron chi connectivity index (χ0n) is 11.8. The molecule has 0 aliphatic rings. The molecule has 6 heteroatoms. The maximum atomic E-state index is 13.7. The van der Waals surface area contributed by atoms with E-state index in [-0.39, 0.29) is 24.2 Å². The van der Waals surface area contributed by atoms with Crippen LogP contribution in [0.4, 0.5) is 4.39 Å². The molecule has 0 aliphatic carbocycles. The number of carbonyl (C=O) groups is 1. The number of hydrogen-bond acceptors (Lipinski definition) is 3. The van der Waals surface area contributed by atoms with E-state index in [0.29, 0.717) is 18.5 Å². The van der Waals surface area contributed by atoms with Crippen molar-refractivity contribution in [1.82, 2.24) is 15.1 Å². The van der Waals surface area contributed by atoms with Gasteiger partial charge < -0.3 is 10.4 Å². The predicted octanol–water partition coefficient (Wildman–Crippen LogP) is 1.90. The fraction of sp³-hybridized carbons (Fsp3) is 0.333. The first kappa shape index (κ1) is 15.2. The quantitative estimate of drug-likeness (QED) is 0.854. The standard InChI is InChI=1S/C15H18FN3O2/c1-11(5-4-10-20)17-15(21)13-8-9-19(18-13)14-7-3-2-6-12(14)16/h2-3,6-9,11,20H,4-5,10H2,1H3,(H,17,21). The van der Waals surface area contributed by atoms with Crippen molar-refractivity contribution in [1.29, 1.82) is 0 Å². The van der Waals surface area contributed by atoms with Crippen LogP contribution in [0.25, 0.3) is 5.69 Å². The molecular weight excluding hydrogens is 273 g/mol. The Kier molecular flexibility index (Phi) is 5.05. The third-order valence-electron chi connectivity index (χ3n) is 3.09. The van der Waals surface area contributed by atoms with E-state index < -0.39 is 5.82 Å². The second-order valence-electron chi connectivity index (χ2n) is 4.84. The summed E-state index contributed by atoms with van der Waals surface area (Å²) in [6.45, 7) is 1.96. The molecule has 0 bridgehead atoms. The maximum Gasteiger partial charge on any atom is 0.271 e. The second-order valence-corrected chi connectivity index (χ2v) is 4.84. The van der Waals surface area contributed by atoms with Crippen LogP contribution in [0.3, 0.4) is 0 Å². The molecule has 0 fully saturated rings. The third kappa shape index (κ3) is 3.88. The molecule has 1 amide bonds. The van der Waals surface area contributed by atoms with E-state index >= 15 is 0 Å². The zero-order chi connectivity index (χ0) is 15.2. The number of rotatable bonds is 6. The fourth-order valence-corrected chi connectivity index (χ4v) is 1.98. The molecule has 1 aromatic heterocycles. The highest BCUT2D eigenvalue weighted by molar-refractivity contribution is 5.92. The van der Waals surface area contributed by atoms with Crippen molar-refractivity contribution in [2.75, 3.05) is 6.61 Å². The molecule has 0 saturated heterocycles. The molecule has 0 aliphatic heterocycles. The van der Waals surface area contributed by atoms with Crippen LogP contribution < -0.4 is 5.32 Å². The van der Waals surface area contributed by atoms with Gasteiger partial charge in [-0.1, -0.05) is 12.1 Å². The Balaban J connectivity index is 2.06. The smallest absolute Gasteiger partial charge is 0.271 e. The summed E-state index contributed by atoms with van der Waals surface area (Å²) >= 11 is 0. The maximum absolute atomic E-state index is 13.7. The molecule has 2 rings (SSSR count). The van der Waals surface area contributed by atoms with Crippen molar-refractivity contribution < 1.29 is 14.3 Å². The lowest BCUT2D eigenvalue weighted by Crippen LogP contribution is -2.33. The van der Waals surface area contributed by atoms with Gasteiger partial charge in [-0.25, -0.2) is 9.07 Å². The topological polar surface area (TPSA) is 67.2 Å². The minimum Gasteiger partial charge on any atom is -0.396 e. The average molecular weight is 291 g/mol. The number of hydrogen-bond donors (Lipinski definition) is 2. The van der Waals surface area contributed by atoms with E-state index in [4.69, 9.17) is 5.11 Å². The van der Waals surface area contributed by atoms with Crippen LogP contribution in [-0.2, 0) is 0 Å². The van der Waals surface area contributed by atoms with Crippen LogP contribution >= 0.6 is 0 Å². The summed E-state index contributed by atoms with van der Waals surface area (Å²) in [6, 6.07) is 7.72. The summed E-state index contributed by atoms with van der Waals surface area (Å²) in [7, 11) is 0. The van der Waals surface area contributed by atoms with E-state index in [1.807, 2.05) is 6.92 Å². The van der Waals surface area contributed by atoms with E-state index in [2.05, 4.69) is 10.4 Å². The molecular formula is C15H18FN3O2. The molecule has 1 unspecified atom stereocenters. The number of halogens is 1. The first-order valence-electron chi connectivity index (χ1n) is 6.84. The summed E-state index contributed by atoms with van der Waals surface area (Å²) in [4.78, 5) is 12.0. The number of aliphatic hydroxyl groups is 1. The molecule has 2 N–H and O–H groups in total. The highest BCUT2D eigenvalue weighted by Crippen LogP contribution is 2.12. The summed E-state index contributed by atoms with van der Waals surface area (Å²) in [5, 5.41) is 15.6. The van der Waals surface area contributed by atoms with Gasteiger partial charge in [-0.3, -0.25) is 4.79 Å². The summed E-state index contributed by atoms with van der Waals surface area (Å²) in [6.07, 6.45) is 2.87. The van der Waals surface area contributed by atoms with Gasteiger partial charge in [0, 0.05) is 18.8 Å². The van der Waals surface area contributed by atoms with Gasteiger partial charge in [-0.2, -0.15) is 5.10 Å². The van der Waals surface area contributed by atoms with Gasteiger partial charge in [0.2, 0.25) is 0 Å². The lowest BCUT2D eigenvalue weighted by Gasteiger charge is -2.11. The summed E-state index contributed by atoms with van der Waals surface area (Å²) in [5.41, 5.74) is 0.527. The van der Waals surface area contributed by atoms with Crippen molar-refractivity contribution in [3.05, 3.63) is 48.0 Å². The Bertz CT molecular complexity index is 612. The van der Waals surface area contributed by atoms with Gasteiger partial charge in [-0.15, -0.1) is 0 Å². The Hall–Kier alpha value is -2.21. The number of carbonyl (C=O) groups excluding carboxylic acids is 1. The van der Waals surface area contributed by atoms with E-state index in [0.717, 1.165) is 0 Å². The molecule has 1 atom stereocenters. The van der Waals surface area contributed by atoms with Crippen molar-refractivity contribution in [3.8, 4) is 5.69 Å². The molecule has 0 spiro atoms. The van der Waals surface area contributed by atoms with Crippen LogP contribution in [0.5, 0.6) is 0 Å². The molecule has 21 heavy (non-hydrogen) atoms. The lowest BCUT2D eigenvalue weighted by atomic mass is 10.2. The molecule has 0 saturated carbocycles. The highest BCUT2D eigenvalue weighted by atomic mass is 19.1. The number of nitrogens with one attached hydrogen (secondary N) is 1. The molecule has 112 valence electrons. The van der Waals surface area contributed by atoms with Gasteiger partial charge >= 0.3 is 0 Å². The Morgan fingerprint density at radius 3 is 2.90 bits per heavy atom. The van der Waals surface area contributed by atoms with Crippen LogP contribution in [0.1, 0.15) is 30.3 Å². The first-order valence-corrected chi connectivity index (χ1v) is 6.84. The van der Waals surface area contributed by atoms with Crippen molar-refractivity contribution >= 4 is 5.91 Å². The van der Waals surface area contributed by atoms with Gasteiger partial charge in [0.25, 0.3) is 5.91 Å². The van der Waals surface area contributed by atoms with Gasteiger partial charge in [0.05, 0.1) is 0 Å². The first-order chi connectivity index (χ1) is 10.1. The fourth-order valence-electron chi connectivity index (χ4n) is 1.98. The number of amides is 1. The molecule has 0 radical (unpaired) electrons. The minimum absolute atomic E-state index is 0.0525. The van der Waals surface area contributed by atoms with Crippen molar-refractivity contribution in [3.63, 3.8) is 0 Å². The number of nitrogens with zero attached hydrogens (tertiary/aromatic N) is 2. The average Bonchev–Trinajstić information content (AvgIpc) is 2.95. The lowest BCUT2D eigenvalue weighted by molar-refractivity contribution is 0.0931. The highest BCUT2D eigenvalue weighted by Gasteiger charge is 2.13. The van der Waals surface area contributed by atoms with Crippen LogP contribution in [-0.4, -0.2) is 33.4 Å². The normalized spacial score (nSPS) is 12.1. The Morgan fingerprint density at radius 2 is 2.19 bits per heavy atom. The Morgan fingerprint density at radius 1 is 1.43 bits per heavy atom. The molecule has 5 nitrogen and oxygen atoms in total. The van der Waals surface area contributed by atoms with E-state index in [9.17, 15) is 9.18 Å². The van der Waals surface area contributed by atoms with Crippen LogP contribution in [0, 0.1) is 5.82 Å². The third-order valence-corrected chi connectivity index (χ3v) is 3.09. The summed E-state index contributed by atoms with van der Waals surface area (Å²) in [5.74, 6) is -0.709. The van der Waals surface area contributed by atoms with Crippen LogP contribution in [0.15, 0.2) is 36.5 Å². The number of para-hydroxylation sites is 1. The van der Waals surface area contributed by atoms with Crippen LogP contribution in [0.2, 0.25) is 0 Å². The SMILES string of the molecule is CC(CCCO)NC(=O)c1ccn(-c2ccccc2F)n1. The predicted molar refractivity (Wildman–Crippen MR) is 76.8 cm³/mol. The second kappa shape index (κ2) is 6.99. The van der Waals surface area contributed by atoms with Gasteiger partial charge in [0.15, 0.2) is 5.69 Å². The molecule has 1 heterocycles. The summed E-state index contributed by atoms with van der Waals surface area (Å²) < 4.78 is 15.0. The molecule has 2 aromatic rings. The molecule has 1 aromatic carbocycles. The van der Waals surface area contributed by atoms with Gasteiger partial charge in [0.1, 0.15) is 11.5 Å².